The average molecular weight is 558 g/mol. The molecule has 40 heavy (non-hydrogen) atoms. The van der Waals surface area contributed by atoms with E-state index in [1.807, 2.05) is 12.2 Å². The molecule has 6 rings (SSSR count). The smallest absolute Gasteiger partial charge is 0.326 e. The van der Waals surface area contributed by atoms with Crippen LogP contribution in [0.15, 0.2) is 76.9 Å². The molecule has 2 N–H and O–H groups in total. The predicted octanol–water partition coefficient (Wildman–Crippen LogP) is 5.58. The molecule has 0 spiro atoms. The minimum absolute atomic E-state index is 0.260. The fourth-order valence-corrected chi connectivity index (χ4v) is 5.69. The van der Waals surface area contributed by atoms with E-state index in [9.17, 15) is 19.1 Å². The molecule has 2 aliphatic heterocycles. The first kappa shape index (κ1) is 25.9. The molecular weight excluding hydrogens is 533 g/mol. The molecule has 3 aromatic rings. The molecule has 0 radical (unpaired) electrons. The van der Waals surface area contributed by atoms with Crippen LogP contribution in [0.4, 0.5) is 16.0 Å². The van der Waals surface area contributed by atoms with Crippen molar-refractivity contribution in [3.05, 3.63) is 100 Å². The van der Waals surface area contributed by atoms with E-state index < -0.39 is 12.0 Å². The first-order valence-electron chi connectivity index (χ1n) is 13.0. The third kappa shape index (κ3) is 4.88. The maximum absolute atomic E-state index is 14.8. The Morgan fingerprint density at radius 1 is 1.10 bits per heavy atom. The quantitative estimate of drug-likeness (QED) is 0.424. The van der Waals surface area contributed by atoms with Gasteiger partial charge in [-0.2, -0.15) is 0 Å². The second kappa shape index (κ2) is 10.7. The Labute approximate surface area is 234 Å². The summed E-state index contributed by atoms with van der Waals surface area (Å²) in [5.74, 6) is -1.52. The highest BCUT2D eigenvalue weighted by atomic mass is 35.5. The number of amides is 1. The number of aromatic nitrogens is 2. The van der Waals surface area contributed by atoms with Gasteiger partial charge in [-0.15, -0.1) is 0 Å². The summed E-state index contributed by atoms with van der Waals surface area (Å²) in [4.78, 5) is 39.8. The van der Waals surface area contributed by atoms with E-state index in [-0.39, 0.29) is 17.6 Å². The SMILES string of the molecule is O=C(O)C1CCCN1C(=O)c1ccc(Nc2ncc3c(n2)C2=CC=C(Cl)CC2C(c2ccccc2F)=NC3)cc1. The zero-order chi connectivity index (χ0) is 27.8. The summed E-state index contributed by atoms with van der Waals surface area (Å²) < 4.78 is 14.8. The minimum atomic E-state index is -0.982. The highest BCUT2D eigenvalue weighted by molar-refractivity contribution is 6.30. The zero-order valence-corrected chi connectivity index (χ0v) is 22.1. The standard InChI is InChI=1S/C30H25ClFN5O3/c31-19-9-12-21-23(14-19)27(22-4-1-2-5-24(22)32)33-15-18-16-34-30(36-26(18)21)35-20-10-7-17(8-11-20)28(38)37-13-3-6-25(37)29(39)40/h1-2,4-5,7-12,16,23,25H,3,6,13-15H2,(H,39,40)(H,34,35,36). The Hall–Kier alpha value is -4.37. The monoisotopic (exact) mass is 557 g/mol. The molecular formula is C30H25ClFN5O3. The molecule has 2 unspecified atom stereocenters. The van der Waals surface area contributed by atoms with Crippen molar-refractivity contribution >= 4 is 46.4 Å². The molecule has 10 heteroatoms. The number of rotatable bonds is 5. The third-order valence-corrected chi connectivity index (χ3v) is 7.72. The maximum atomic E-state index is 14.8. The van der Waals surface area contributed by atoms with Crippen molar-refractivity contribution < 1.29 is 19.1 Å². The fraction of sp³-hybridized carbons (Fsp3) is 0.233. The lowest BCUT2D eigenvalue weighted by Gasteiger charge is -2.24. The number of likely N-dealkylation sites (tertiary alicyclic amines) is 1. The van der Waals surface area contributed by atoms with Crippen molar-refractivity contribution in [3.63, 3.8) is 0 Å². The summed E-state index contributed by atoms with van der Waals surface area (Å²) in [5, 5.41) is 13.2. The number of allylic oxidation sites excluding steroid dienone is 4. The first-order chi connectivity index (χ1) is 19.4. The average Bonchev–Trinajstić information content (AvgIpc) is 3.40. The van der Waals surface area contributed by atoms with Gasteiger partial charge >= 0.3 is 5.97 Å². The third-order valence-electron chi connectivity index (χ3n) is 7.44. The van der Waals surface area contributed by atoms with Crippen LogP contribution in [-0.2, 0) is 11.3 Å². The van der Waals surface area contributed by atoms with Crippen LogP contribution in [0.3, 0.4) is 0 Å². The highest BCUT2D eigenvalue weighted by Gasteiger charge is 2.35. The van der Waals surface area contributed by atoms with Crippen molar-refractivity contribution in [2.45, 2.75) is 31.8 Å². The van der Waals surface area contributed by atoms with E-state index in [1.54, 1.807) is 48.7 Å². The van der Waals surface area contributed by atoms with E-state index >= 15 is 0 Å². The van der Waals surface area contributed by atoms with E-state index in [0.717, 1.165) is 16.8 Å². The van der Waals surface area contributed by atoms with E-state index in [2.05, 4.69) is 10.3 Å². The summed E-state index contributed by atoms with van der Waals surface area (Å²) in [6.45, 7) is 0.730. The maximum Gasteiger partial charge on any atom is 0.326 e. The Kier molecular flexibility index (Phi) is 6.89. The van der Waals surface area contributed by atoms with Crippen LogP contribution < -0.4 is 5.32 Å². The molecule has 3 aliphatic rings. The van der Waals surface area contributed by atoms with Crippen molar-refractivity contribution in [1.82, 2.24) is 14.9 Å². The molecule has 1 aliphatic carbocycles. The number of aliphatic carboxylic acids is 1. The lowest BCUT2D eigenvalue weighted by Crippen LogP contribution is -2.40. The Bertz CT molecular complexity index is 1600. The molecule has 1 fully saturated rings. The van der Waals surface area contributed by atoms with Crippen LogP contribution in [-0.4, -0.2) is 50.1 Å². The minimum Gasteiger partial charge on any atom is -0.480 e. The van der Waals surface area contributed by atoms with Crippen LogP contribution >= 0.6 is 11.6 Å². The number of anilines is 2. The van der Waals surface area contributed by atoms with Crippen LogP contribution in [0, 0.1) is 11.7 Å². The van der Waals surface area contributed by atoms with Crippen LogP contribution in [0.2, 0.25) is 0 Å². The molecule has 2 aromatic carbocycles. The molecule has 0 saturated carbocycles. The number of halogens is 2. The zero-order valence-electron chi connectivity index (χ0n) is 21.3. The van der Waals surface area contributed by atoms with E-state index in [1.165, 1.54) is 11.0 Å². The normalized spacial score (nSPS) is 19.9. The number of carboxylic acid groups (broad SMARTS) is 1. The molecule has 202 valence electrons. The second-order valence-corrected chi connectivity index (χ2v) is 10.4. The molecule has 1 aromatic heterocycles. The number of nitrogens with one attached hydrogen (secondary N) is 1. The van der Waals surface area contributed by atoms with Gasteiger partial charge < -0.3 is 15.3 Å². The van der Waals surface area contributed by atoms with Gasteiger partial charge in [-0.05, 0) is 61.2 Å². The fourth-order valence-electron chi connectivity index (χ4n) is 5.47. The number of carbonyl (C=O) groups excluding carboxylic acids is 1. The first-order valence-corrected chi connectivity index (χ1v) is 13.4. The Morgan fingerprint density at radius 3 is 2.67 bits per heavy atom. The van der Waals surface area contributed by atoms with Gasteiger partial charge in [0.15, 0.2) is 0 Å². The van der Waals surface area contributed by atoms with Crippen molar-refractivity contribution in [2.75, 3.05) is 11.9 Å². The number of carboxylic acids is 1. The number of benzene rings is 2. The number of hydrogen-bond acceptors (Lipinski definition) is 6. The number of fused-ring (bicyclic) bond motifs is 3. The lowest BCUT2D eigenvalue weighted by molar-refractivity contribution is -0.141. The summed E-state index contributed by atoms with van der Waals surface area (Å²) >= 11 is 6.41. The Balaban J connectivity index is 1.26. The van der Waals surface area contributed by atoms with Gasteiger partial charge in [0, 0.05) is 46.1 Å². The molecule has 8 nitrogen and oxygen atoms in total. The summed E-state index contributed by atoms with van der Waals surface area (Å²) in [5.41, 5.74) is 4.59. The lowest BCUT2D eigenvalue weighted by atomic mass is 9.82. The van der Waals surface area contributed by atoms with E-state index in [0.29, 0.717) is 65.9 Å². The molecule has 1 saturated heterocycles. The highest BCUT2D eigenvalue weighted by Crippen LogP contribution is 2.40. The predicted molar refractivity (Wildman–Crippen MR) is 150 cm³/mol. The van der Waals surface area contributed by atoms with E-state index in [4.69, 9.17) is 21.6 Å². The van der Waals surface area contributed by atoms with Crippen molar-refractivity contribution in [3.8, 4) is 0 Å². The van der Waals surface area contributed by atoms with Crippen molar-refractivity contribution in [1.29, 1.82) is 0 Å². The summed E-state index contributed by atoms with van der Waals surface area (Å²) in [7, 11) is 0. The molecule has 3 heterocycles. The van der Waals surface area contributed by atoms with Crippen LogP contribution in [0.1, 0.15) is 46.4 Å². The molecule has 1 amide bonds. The summed E-state index contributed by atoms with van der Waals surface area (Å²) in [6, 6.07) is 12.6. The largest absolute Gasteiger partial charge is 0.480 e. The van der Waals surface area contributed by atoms with Gasteiger partial charge in [0.1, 0.15) is 11.9 Å². The number of aliphatic imine (C=N–C) groups is 1. The summed E-state index contributed by atoms with van der Waals surface area (Å²) in [6.07, 6.45) is 7.08. The van der Waals surface area contributed by atoms with Gasteiger partial charge in [0.2, 0.25) is 5.95 Å². The topological polar surface area (TPSA) is 108 Å². The number of hydrogen-bond donors (Lipinski definition) is 2. The van der Waals surface area contributed by atoms with Gasteiger partial charge in [0.05, 0.1) is 18.0 Å². The van der Waals surface area contributed by atoms with Gasteiger partial charge in [-0.25, -0.2) is 19.2 Å². The van der Waals surface area contributed by atoms with Crippen LogP contribution in [0.5, 0.6) is 0 Å². The van der Waals surface area contributed by atoms with Gasteiger partial charge in [-0.1, -0.05) is 35.9 Å². The number of carbonyl (C=O) groups is 2. The Morgan fingerprint density at radius 2 is 1.90 bits per heavy atom. The van der Waals surface area contributed by atoms with Gasteiger partial charge in [-0.3, -0.25) is 9.79 Å². The molecule has 2 atom stereocenters. The van der Waals surface area contributed by atoms with Gasteiger partial charge in [0.25, 0.3) is 5.91 Å². The van der Waals surface area contributed by atoms with Crippen LogP contribution in [0.25, 0.3) is 5.57 Å². The second-order valence-electron chi connectivity index (χ2n) is 9.94. The molecule has 0 bridgehead atoms. The van der Waals surface area contributed by atoms with Crippen molar-refractivity contribution in [2.24, 2.45) is 10.9 Å². The number of nitrogens with zero attached hydrogens (tertiary/aromatic N) is 4.